The Morgan fingerprint density at radius 2 is 2.00 bits per heavy atom. The average Bonchev–Trinajstić information content (AvgIpc) is 2.31. The van der Waals surface area contributed by atoms with Gasteiger partial charge in [-0.3, -0.25) is 0 Å². The van der Waals surface area contributed by atoms with Crippen molar-refractivity contribution in [1.82, 2.24) is 5.32 Å². The van der Waals surface area contributed by atoms with Crippen LogP contribution < -0.4 is 5.32 Å². The Balaban J connectivity index is 2.04. The van der Waals surface area contributed by atoms with Crippen LogP contribution in [0.4, 0.5) is 4.39 Å². The van der Waals surface area contributed by atoms with Crippen LogP contribution in [0.3, 0.4) is 0 Å². The van der Waals surface area contributed by atoms with Gasteiger partial charge in [-0.25, -0.2) is 4.39 Å². The maximum atomic E-state index is 14.0. The molecule has 0 spiro atoms. The summed E-state index contributed by atoms with van der Waals surface area (Å²) in [5.74, 6) is 0. The minimum absolute atomic E-state index is 0.439. The molecule has 0 radical (unpaired) electrons. The third-order valence-electron chi connectivity index (χ3n) is 3.07. The number of hydrogen-bond acceptors (Lipinski definition) is 1. The lowest BCUT2D eigenvalue weighted by Gasteiger charge is -2.34. The van der Waals surface area contributed by atoms with Crippen LogP contribution in [0.5, 0.6) is 0 Å². The van der Waals surface area contributed by atoms with Crippen molar-refractivity contribution in [3.63, 3.8) is 0 Å². The van der Waals surface area contributed by atoms with Crippen molar-refractivity contribution in [3.8, 4) is 0 Å². The second-order valence-corrected chi connectivity index (χ2v) is 4.19. The highest BCUT2D eigenvalue weighted by Gasteiger charge is 2.42. The second-order valence-electron chi connectivity index (χ2n) is 4.19. The lowest BCUT2D eigenvalue weighted by molar-refractivity contribution is 0.0923. The van der Waals surface area contributed by atoms with E-state index < -0.39 is 5.67 Å². The van der Waals surface area contributed by atoms with Crippen molar-refractivity contribution in [2.75, 3.05) is 0 Å². The van der Waals surface area contributed by atoms with Crippen LogP contribution in [0, 0.1) is 0 Å². The molecule has 0 aromatic heterocycles. The normalized spacial score (nSPS) is 46.1. The Hall–Kier alpha value is -0.370. The summed E-state index contributed by atoms with van der Waals surface area (Å²) in [6.45, 7) is 3.61. The monoisotopic (exact) mass is 169 g/mol. The average molecular weight is 169 g/mol. The number of halogens is 1. The van der Waals surface area contributed by atoms with Crippen molar-refractivity contribution in [3.05, 3.63) is 12.7 Å². The highest BCUT2D eigenvalue weighted by atomic mass is 19.1. The third-order valence-corrected chi connectivity index (χ3v) is 3.07. The molecule has 2 bridgehead atoms. The minimum Gasteiger partial charge on any atom is -0.311 e. The quantitative estimate of drug-likeness (QED) is 0.625. The van der Waals surface area contributed by atoms with Crippen LogP contribution >= 0.6 is 0 Å². The van der Waals surface area contributed by atoms with E-state index in [9.17, 15) is 4.39 Å². The third kappa shape index (κ3) is 1.40. The van der Waals surface area contributed by atoms with Crippen LogP contribution in [0.2, 0.25) is 0 Å². The molecule has 0 aliphatic carbocycles. The predicted molar refractivity (Wildman–Crippen MR) is 47.8 cm³/mol. The van der Waals surface area contributed by atoms with E-state index in [1.54, 1.807) is 6.08 Å². The first kappa shape index (κ1) is 8.24. The zero-order valence-electron chi connectivity index (χ0n) is 7.35. The molecular weight excluding hydrogens is 153 g/mol. The molecule has 0 aromatic carbocycles. The molecule has 68 valence electrons. The summed E-state index contributed by atoms with van der Waals surface area (Å²) in [7, 11) is 0. The van der Waals surface area contributed by atoms with Gasteiger partial charge in [0, 0.05) is 12.1 Å². The highest BCUT2D eigenvalue weighted by molar-refractivity contribution is 5.02. The number of allylic oxidation sites excluding steroid dienone is 1. The molecule has 2 heterocycles. The number of fused-ring (bicyclic) bond motifs is 2. The topological polar surface area (TPSA) is 12.0 Å². The van der Waals surface area contributed by atoms with E-state index in [0.717, 1.165) is 12.8 Å². The molecule has 0 amide bonds. The van der Waals surface area contributed by atoms with Gasteiger partial charge < -0.3 is 5.32 Å². The molecule has 2 fully saturated rings. The molecule has 0 aromatic rings. The number of piperidine rings is 1. The van der Waals surface area contributed by atoms with Gasteiger partial charge in [0.1, 0.15) is 5.67 Å². The first-order valence-electron chi connectivity index (χ1n) is 4.78. The lowest BCUT2D eigenvalue weighted by atomic mass is 9.86. The zero-order chi connectivity index (χ0) is 8.60. The lowest BCUT2D eigenvalue weighted by Crippen LogP contribution is -2.45. The van der Waals surface area contributed by atoms with E-state index in [2.05, 4.69) is 11.9 Å². The Morgan fingerprint density at radius 3 is 2.50 bits per heavy atom. The Labute approximate surface area is 73.0 Å². The molecule has 2 aliphatic heterocycles. The van der Waals surface area contributed by atoms with Gasteiger partial charge >= 0.3 is 0 Å². The Kier molecular flexibility index (Phi) is 1.95. The molecule has 2 unspecified atom stereocenters. The number of alkyl halides is 1. The van der Waals surface area contributed by atoms with Gasteiger partial charge in [0.2, 0.25) is 0 Å². The molecule has 2 rings (SSSR count). The van der Waals surface area contributed by atoms with E-state index in [1.807, 2.05) is 0 Å². The van der Waals surface area contributed by atoms with Crippen LogP contribution in [-0.2, 0) is 0 Å². The van der Waals surface area contributed by atoms with E-state index in [4.69, 9.17) is 0 Å². The van der Waals surface area contributed by atoms with Gasteiger partial charge in [0.25, 0.3) is 0 Å². The Morgan fingerprint density at radius 1 is 1.42 bits per heavy atom. The molecule has 1 N–H and O–H groups in total. The van der Waals surface area contributed by atoms with Crippen LogP contribution in [0.1, 0.15) is 32.1 Å². The van der Waals surface area contributed by atoms with Gasteiger partial charge in [-0.2, -0.15) is 0 Å². The van der Waals surface area contributed by atoms with E-state index in [0.29, 0.717) is 31.3 Å². The number of hydrogen-bond donors (Lipinski definition) is 1. The van der Waals surface area contributed by atoms with E-state index in [-0.39, 0.29) is 0 Å². The fourth-order valence-electron chi connectivity index (χ4n) is 2.62. The molecule has 2 atom stereocenters. The predicted octanol–water partition coefficient (Wildman–Crippen LogP) is 2.19. The maximum Gasteiger partial charge on any atom is 0.117 e. The van der Waals surface area contributed by atoms with Gasteiger partial charge in [0.05, 0.1) is 0 Å². The highest BCUT2D eigenvalue weighted by Crippen LogP contribution is 2.38. The maximum absolute atomic E-state index is 14.0. The van der Waals surface area contributed by atoms with Crippen LogP contribution in [0.15, 0.2) is 12.7 Å². The number of nitrogens with one attached hydrogen (secondary N) is 1. The summed E-state index contributed by atoms with van der Waals surface area (Å²) in [6.07, 6.45) is 5.94. The van der Waals surface area contributed by atoms with Gasteiger partial charge in [-0.05, 0) is 32.1 Å². The Bertz CT molecular complexity index is 178. The second kappa shape index (κ2) is 2.84. The first-order valence-corrected chi connectivity index (χ1v) is 4.78. The van der Waals surface area contributed by atoms with E-state index >= 15 is 0 Å². The zero-order valence-corrected chi connectivity index (χ0v) is 7.35. The van der Waals surface area contributed by atoms with Gasteiger partial charge in [0.15, 0.2) is 0 Å². The minimum atomic E-state index is -0.946. The van der Waals surface area contributed by atoms with Crippen molar-refractivity contribution in [2.45, 2.75) is 49.9 Å². The van der Waals surface area contributed by atoms with Crippen molar-refractivity contribution >= 4 is 0 Å². The SMILES string of the molecule is C=CCC1(F)CC2CCC(C1)N2. The molecule has 2 heteroatoms. The molecule has 12 heavy (non-hydrogen) atoms. The fourth-order valence-corrected chi connectivity index (χ4v) is 2.62. The fraction of sp³-hybridized carbons (Fsp3) is 0.800. The molecule has 1 nitrogen and oxygen atoms in total. The summed E-state index contributed by atoms with van der Waals surface area (Å²) in [4.78, 5) is 0. The molecular formula is C10H16FN. The largest absolute Gasteiger partial charge is 0.311 e. The summed E-state index contributed by atoms with van der Waals surface area (Å²) in [5.41, 5.74) is -0.946. The van der Waals surface area contributed by atoms with Crippen LogP contribution in [0.25, 0.3) is 0 Å². The smallest absolute Gasteiger partial charge is 0.117 e. The first-order chi connectivity index (χ1) is 5.72. The standard InChI is InChI=1S/C10H16FN/c1-2-5-10(11)6-8-3-4-9(7-10)12-8/h2,8-9,12H,1,3-7H2. The molecule has 2 saturated heterocycles. The van der Waals surface area contributed by atoms with Crippen molar-refractivity contribution in [2.24, 2.45) is 0 Å². The van der Waals surface area contributed by atoms with Gasteiger partial charge in [-0.1, -0.05) is 6.08 Å². The van der Waals surface area contributed by atoms with Crippen LogP contribution in [-0.4, -0.2) is 17.8 Å². The number of rotatable bonds is 2. The summed E-state index contributed by atoms with van der Waals surface area (Å²) in [5, 5.41) is 3.43. The van der Waals surface area contributed by atoms with E-state index in [1.165, 1.54) is 0 Å². The summed E-state index contributed by atoms with van der Waals surface area (Å²) < 4.78 is 14.0. The van der Waals surface area contributed by atoms with Crippen molar-refractivity contribution < 1.29 is 4.39 Å². The van der Waals surface area contributed by atoms with Gasteiger partial charge in [-0.15, -0.1) is 6.58 Å². The summed E-state index contributed by atoms with van der Waals surface area (Å²) >= 11 is 0. The summed E-state index contributed by atoms with van der Waals surface area (Å²) in [6, 6.07) is 0.877. The van der Waals surface area contributed by atoms with Crippen molar-refractivity contribution in [1.29, 1.82) is 0 Å². The molecule has 0 saturated carbocycles. The molecule has 2 aliphatic rings.